The summed E-state index contributed by atoms with van der Waals surface area (Å²) in [5, 5.41) is 73.1. The van der Waals surface area contributed by atoms with E-state index in [0.29, 0.717) is 0 Å². The molecule has 2 aliphatic heterocycles. The number of hydrogen-bond donors (Lipinski definition) is 8. The zero-order chi connectivity index (χ0) is 20.0. The SMILES string of the molecule is CO[C@@H]1O[C@H](CO)[C@@H](O)[C@H](O)[C@H]1O.CO[C@@H]1O[C@H](CO)[C@@H](O)[C@H](O)[C@H]1O.O. The molecular formula is C14H30O13. The van der Waals surface area contributed by atoms with Gasteiger partial charge in [0.2, 0.25) is 0 Å². The van der Waals surface area contributed by atoms with E-state index in [1.807, 2.05) is 0 Å². The Hall–Kier alpha value is -0.520. The lowest BCUT2D eigenvalue weighted by molar-refractivity contribution is -0.294. The molecule has 0 aromatic carbocycles. The highest BCUT2D eigenvalue weighted by Gasteiger charge is 2.44. The summed E-state index contributed by atoms with van der Waals surface area (Å²) in [6.07, 6.45) is -11.8. The van der Waals surface area contributed by atoms with E-state index >= 15 is 0 Å². The summed E-state index contributed by atoms with van der Waals surface area (Å²) < 4.78 is 19.3. The van der Waals surface area contributed by atoms with Gasteiger partial charge in [-0.3, -0.25) is 0 Å². The summed E-state index contributed by atoms with van der Waals surface area (Å²) in [4.78, 5) is 0. The fourth-order valence-corrected chi connectivity index (χ4v) is 2.52. The van der Waals surface area contributed by atoms with E-state index < -0.39 is 74.6 Å². The Morgan fingerprint density at radius 1 is 0.593 bits per heavy atom. The van der Waals surface area contributed by atoms with Crippen molar-refractivity contribution >= 4 is 0 Å². The van der Waals surface area contributed by atoms with Crippen LogP contribution in [0, 0.1) is 0 Å². The molecule has 2 rings (SSSR count). The predicted octanol–water partition coefficient (Wildman–Crippen LogP) is -5.96. The van der Waals surface area contributed by atoms with Crippen molar-refractivity contribution in [1.82, 2.24) is 0 Å². The lowest BCUT2D eigenvalue weighted by Gasteiger charge is -2.38. The fraction of sp³-hybridized carbons (Fsp3) is 1.00. The van der Waals surface area contributed by atoms with Crippen LogP contribution in [0.25, 0.3) is 0 Å². The molecule has 0 saturated carbocycles. The van der Waals surface area contributed by atoms with Crippen LogP contribution < -0.4 is 0 Å². The zero-order valence-corrected chi connectivity index (χ0v) is 14.9. The molecule has 0 radical (unpaired) electrons. The number of methoxy groups -OCH3 is 2. The molecule has 13 nitrogen and oxygen atoms in total. The molecule has 0 aliphatic carbocycles. The van der Waals surface area contributed by atoms with Crippen molar-refractivity contribution in [3.63, 3.8) is 0 Å². The highest BCUT2D eigenvalue weighted by Crippen LogP contribution is 2.22. The largest absolute Gasteiger partial charge is 0.412 e. The van der Waals surface area contributed by atoms with E-state index in [2.05, 4.69) is 0 Å². The van der Waals surface area contributed by atoms with E-state index in [1.54, 1.807) is 0 Å². The first-order valence-corrected chi connectivity index (χ1v) is 7.90. The lowest BCUT2D eigenvalue weighted by Crippen LogP contribution is -2.58. The van der Waals surface area contributed by atoms with E-state index in [0.717, 1.165) is 0 Å². The maximum atomic E-state index is 9.28. The molecule has 2 aliphatic rings. The van der Waals surface area contributed by atoms with E-state index in [9.17, 15) is 30.6 Å². The first-order valence-electron chi connectivity index (χ1n) is 7.90. The van der Waals surface area contributed by atoms with Gasteiger partial charge in [0.1, 0.15) is 48.8 Å². The number of aliphatic hydroxyl groups is 8. The maximum Gasteiger partial charge on any atom is 0.186 e. The molecule has 0 aromatic rings. The topological polar surface area (TPSA) is 230 Å². The monoisotopic (exact) mass is 406 g/mol. The van der Waals surface area contributed by atoms with Crippen molar-refractivity contribution in [2.24, 2.45) is 0 Å². The second kappa shape index (κ2) is 12.1. The van der Waals surface area contributed by atoms with Crippen LogP contribution in [0.4, 0.5) is 0 Å². The van der Waals surface area contributed by atoms with Gasteiger partial charge in [-0.05, 0) is 0 Å². The van der Waals surface area contributed by atoms with E-state index in [1.165, 1.54) is 14.2 Å². The second-order valence-electron chi connectivity index (χ2n) is 5.87. The predicted molar refractivity (Wildman–Crippen MR) is 85.2 cm³/mol. The van der Waals surface area contributed by atoms with Gasteiger partial charge in [-0.15, -0.1) is 0 Å². The lowest BCUT2D eigenvalue weighted by atomic mass is 9.99. The van der Waals surface area contributed by atoms with Gasteiger partial charge >= 0.3 is 0 Å². The van der Waals surface area contributed by atoms with Crippen LogP contribution in [0.2, 0.25) is 0 Å². The van der Waals surface area contributed by atoms with Gasteiger partial charge in [-0.1, -0.05) is 0 Å². The van der Waals surface area contributed by atoms with Crippen molar-refractivity contribution in [3.8, 4) is 0 Å². The van der Waals surface area contributed by atoms with Crippen molar-refractivity contribution in [2.45, 2.75) is 61.4 Å². The van der Waals surface area contributed by atoms with Crippen LogP contribution in [0.15, 0.2) is 0 Å². The van der Waals surface area contributed by atoms with Gasteiger partial charge in [0.15, 0.2) is 12.6 Å². The molecule has 10 atom stereocenters. The molecule has 2 fully saturated rings. The molecule has 164 valence electrons. The highest BCUT2D eigenvalue weighted by molar-refractivity contribution is 4.89. The molecule has 0 unspecified atom stereocenters. The minimum absolute atomic E-state index is 0. The molecule has 0 amide bonds. The normalized spacial score (nSPS) is 44.7. The molecule has 2 saturated heterocycles. The van der Waals surface area contributed by atoms with Crippen LogP contribution in [0.3, 0.4) is 0 Å². The minimum Gasteiger partial charge on any atom is -0.412 e. The summed E-state index contributed by atoms with van der Waals surface area (Å²) in [6.45, 7) is -0.879. The Balaban J connectivity index is 0.000000483. The maximum absolute atomic E-state index is 9.28. The quantitative estimate of drug-likeness (QED) is 0.218. The first kappa shape index (κ1) is 26.5. The van der Waals surface area contributed by atoms with Crippen LogP contribution in [-0.2, 0) is 18.9 Å². The second-order valence-corrected chi connectivity index (χ2v) is 5.87. The Morgan fingerprint density at radius 3 is 1.11 bits per heavy atom. The molecule has 0 spiro atoms. The summed E-state index contributed by atoms with van der Waals surface area (Å²) in [6, 6.07) is 0. The third kappa shape index (κ3) is 6.23. The Morgan fingerprint density at radius 2 is 0.889 bits per heavy atom. The van der Waals surface area contributed by atoms with Gasteiger partial charge in [-0.2, -0.15) is 0 Å². The average Bonchev–Trinajstić information content (AvgIpc) is 2.65. The van der Waals surface area contributed by atoms with Gasteiger partial charge in [0, 0.05) is 14.2 Å². The van der Waals surface area contributed by atoms with E-state index in [-0.39, 0.29) is 5.48 Å². The average molecular weight is 406 g/mol. The van der Waals surface area contributed by atoms with Crippen molar-refractivity contribution in [2.75, 3.05) is 27.4 Å². The summed E-state index contributed by atoms with van der Waals surface area (Å²) in [7, 11) is 2.60. The van der Waals surface area contributed by atoms with Gasteiger partial charge < -0.3 is 65.3 Å². The van der Waals surface area contributed by atoms with Crippen molar-refractivity contribution in [3.05, 3.63) is 0 Å². The third-order valence-electron chi connectivity index (χ3n) is 4.16. The Labute approximate surface area is 155 Å². The summed E-state index contributed by atoms with van der Waals surface area (Å²) in [5.74, 6) is 0. The number of rotatable bonds is 4. The molecule has 0 bridgehead atoms. The minimum atomic E-state index is -1.36. The molecule has 13 heteroatoms. The molecular weight excluding hydrogens is 376 g/mol. The Bertz CT molecular complexity index is 323. The third-order valence-corrected chi connectivity index (χ3v) is 4.16. The van der Waals surface area contributed by atoms with Crippen molar-refractivity contribution < 1.29 is 65.3 Å². The zero-order valence-electron chi connectivity index (χ0n) is 14.9. The van der Waals surface area contributed by atoms with Crippen LogP contribution in [0.5, 0.6) is 0 Å². The molecule has 2 heterocycles. The van der Waals surface area contributed by atoms with E-state index in [4.69, 9.17) is 29.2 Å². The molecule has 10 N–H and O–H groups in total. The van der Waals surface area contributed by atoms with Crippen LogP contribution >= 0.6 is 0 Å². The molecule has 0 aromatic heterocycles. The fourth-order valence-electron chi connectivity index (χ4n) is 2.52. The van der Waals surface area contributed by atoms with Gasteiger partial charge in [-0.25, -0.2) is 0 Å². The number of ether oxygens (including phenoxy) is 4. The van der Waals surface area contributed by atoms with Crippen LogP contribution in [-0.4, -0.2) is 135 Å². The number of hydrogen-bond acceptors (Lipinski definition) is 12. The standard InChI is InChI=1S/2C7H14O6.H2O/c2*1-12-7-6(11)5(10)4(9)3(2-8)13-7;/h2*3-11H,2H2,1H3;1H2/t2*3-,4-,5+,6-,7-;/m11./s1. The van der Waals surface area contributed by atoms with Crippen molar-refractivity contribution in [1.29, 1.82) is 0 Å². The summed E-state index contributed by atoms with van der Waals surface area (Å²) >= 11 is 0. The molecule has 27 heavy (non-hydrogen) atoms. The number of aliphatic hydroxyl groups excluding tert-OH is 8. The first-order chi connectivity index (χ1) is 12.2. The summed E-state index contributed by atoms with van der Waals surface area (Å²) in [5.41, 5.74) is 0. The smallest absolute Gasteiger partial charge is 0.186 e. The highest BCUT2D eigenvalue weighted by atomic mass is 16.7. The van der Waals surface area contributed by atoms with Gasteiger partial charge in [0.25, 0.3) is 0 Å². The van der Waals surface area contributed by atoms with Crippen LogP contribution in [0.1, 0.15) is 0 Å². The van der Waals surface area contributed by atoms with Gasteiger partial charge in [0.05, 0.1) is 13.2 Å². The Kier molecular flexibility index (Phi) is 11.9.